The number of amides is 1. The number of carbonyl (C=O) groups excluding carboxylic acids is 2. The van der Waals surface area contributed by atoms with Gasteiger partial charge in [-0.05, 0) is 43.7 Å². The highest BCUT2D eigenvalue weighted by Crippen LogP contribution is 2.25. The van der Waals surface area contributed by atoms with Crippen LogP contribution in [-0.4, -0.2) is 25.1 Å². The van der Waals surface area contributed by atoms with Crippen LogP contribution in [-0.2, 0) is 9.53 Å². The molecule has 0 unspecified atom stereocenters. The minimum atomic E-state index is -0.923. The number of carbonyl (C=O) groups is 2. The van der Waals surface area contributed by atoms with Crippen molar-refractivity contribution < 1.29 is 19.1 Å². The second-order valence-electron chi connectivity index (χ2n) is 5.11. The summed E-state index contributed by atoms with van der Waals surface area (Å²) in [5.74, 6) is -0.409. The summed E-state index contributed by atoms with van der Waals surface area (Å²) in [5, 5.41) is 2.72. The van der Waals surface area contributed by atoms with Gasteiger partial charge in [0.05, 0.1) is 18.4 Å². The van der Waals surface area contributed by atoms with Gasteiger partial charge in [0.25, 0.3) is 5.91 Å². The smallest absolute Gasteiger partial charge is 0.338 e. The van der Waals surface area contributed by atoms with Gasteiger partial charge in [0.2, 0.25) is 0 Å². The van der Waals surface area contributed by atoms with Gasteiger partial charge >= 0.3 is 5.97 Å². The molecule has 0 fully saturated rings. The van der Waals surface area contributed by atoms with Crippen molar-refractivity contribution in [1.82, 2.24) is 0 Å². The Morgan fingerprint density at radius 3 is 2.43 bits per heavy atom. The lowest BCUT2D eigenvalue weighted by Crippen LogP contribution is -2.30. The Labute approximate surface area is 135 Å². The summed E-state index contributed by atoms with van der Waals surface area (Å²) in [6, 6.07) is 14.0. The Bertz CT molecular complexity index is 697. The van der Waals surface area contributed by atoms with Gasteiger partial charge in [-0.15, -0.1) is 0 Å². The first-order valence-electron chi connectivity index (χ1n) is 7.23. The van der Waals surface area contributed by atoms with Gasteiger partial charge in [-0.3, -0.25) is 4.79 Å². The van der Waals surface area contributed by atoms with Crippen LogP contribution in [0.3, 0.4) is 0 Å². The van der Waals surface area contributed by atoms with Crippen molar-refractivity contribution in [2.75, 3.05) is 12.4 Å². The Morgan fingerprint density at radius 1 is 1.09 bits per heavy atom. The number of aryl methyl sites for hydroxylation is 1. The highest BCUT2D eigenvalue weighted by Gasteiger charge is 2.20. The Kier molecular flexibility index (Phi) is 5.36. The predicted octanol–water partition coefficient (Wildman–Crippen LogP) is 3.19. The van der Waals surface area contributed by atoms with Gasteiger partial charge in [-0.1, -0.05) is 24.3 Å². The number of hydrogen-bond donors (Lipinski definition) is 1. The first-order chi connectivity index (χ1) is 11.0. The van der Waals surface area contributed by atoms with Crippen LogP contribution in [0.2, 0.25) is 0 Å². The van der Waals surface area contributed by atoms with Crippen LogP contribution in [0.25, 0.3) is 0 Å². The summed E-state index contributed by atoms with van der Waals surface area (Å²) >= 11 is 0. The normalized spacial score (nSPS) is 11.4. The van der Waals surface area contributed by atoms with E-state index in [0.29, 0.717) is 17.0 Å². The molecule has 0 aliphatic carbocycles. The first-order valence-corrected chi connectivity index (χ1v) is 7.23. The molecule has 120 valence electrons. The van der Waals surface area contributed by atoms with Crippen LogP contribution in [0.1, 0.15) is 22.8 Å². The minimum absolute atomic E-state index is 0.403. The van der Waals surface area contributed by atoms with E-state index in [0.717, 1.165) is 5.56 Å². The topological polar surface area (TPSA) is 64.6 Å². The van der Waals surface area contributed by atoms with E-state index in [4.69, 9.17) is 9.47 Å². The summed E-state index contributed by atoms with van der Waals surface area (Å²) in [7, 11) is 1.53. The van der Waals surface area contributed by atoms with Gasteiger partial charge in [0.15, 0.2) is 6.10 Å². The molecular formula is C18H19NO4. The lowest BCUT2D eigenvalue weighted by Gasteiger charge is -2.15. The average Bonchev–Trinajstić information content (AvgIpc) is 2.55. The number of methoxy groups -OCH3 is 1. The summed E-state index contributed by atoms with van der Waals surface area (Å²) in [5.41, 5.74) is 1.93. The van der Waals surface area contributed by atoms with Crippen molar-refractivity contribution in [2.24, 2.45) is 0 Å². The van der Waals surface area contributed by atoms with Crippen LogP contribution < -0.4 is 10.1 Å². The Balaban J connectivity index is 2.03. The predicted molar refractivity (Wildman–Crippen MR) is 87.7 cm³/mol. The van der Waals surface area contributed by atoms with E-state index in [1.165, 1.54) is 14.0 Å². The van der Waals surface area contributed by atoms with E-state index in [1.807, 2.05) is 13.0 Å². The average molecular weight is 313 g/mol. The second kappa shape index (κ2) is 7.45. The van der Waals surface area contributed by atoms with E-state index >= 15 is 0 Å². The van der Waals surface area contributed by atoms with Crippen molar-refractivity contribution in [3.63, 3.8) is 0 Å². The Hall–Kier alpha value is -2.82. The van der Waals surface area contributed by atoms with Crippen molar-refractivity contribution in [3.8, 4) is 5.75 Å². The maximum absolute atomic E-state index is 12.2. The molecule has 0 aliphatic rings. The zero-order valence-electron chi connectivity index (χ0n) is 13.3. The van der Waals surface area contributed by atoms with Gasteiger partial charge in [0, 0.05) is 0 Å². The molecule has 23 heavy (non-hydrogen) atoms. The molecule has 0 saturated heterocycles. The van der Waals surface area contributed by atoms with Gasteiger partial charge in [0.1, 0.15) is 5.75 Å². The van der Waals surface area contributed by atoms with Crippen molar-refractivity contribution >= 4 is 17.6 Å². The Morgan fingerprint density at radius 2 is 1.78 bits per heavy atom. The minimum Gasteiger partial charge on any atom is -0.495 e. The summed E-state index contributed by atoms with van der Waals surface area (Å²) in [4.78, 5) is 24.2. The third kappa shape index (κ3) is 4.32. The number of nitrogens with one attached hydrogen (secondary N) is 1. The first kappa shape index (κ1) is 16.5. The lowest BCUT2D eigenvalue weighted by atomic mass is 10.2. The molecule has 0 bridgehead atoms. The second-order valence-corrected chi connectivity index (χ2v) is 5.11. The van der Waals surface area contributed by atoms with Crippen molar-refractivity contribution in [1.29, 1.82) is 0 Å². The van der Waals surface area contributed by atoms with Crippen LogP contribution in [0, 0.1) is 6.92 Å². The van der Waals surface area contributed by atoms with E-state index in [-0.39, 0.29) is 0 Å². The van der Waals surface area contributed by atoms with Crippen LogP contribution in [0.15, 0.2) is 48.5 Å². The highest BCUT2D eigenvalue weighted by molar-refractivity contribution is 5.98. The summed E-state index contributed by atoms with van der Waals surface area (Å²) < 4.78 is 10.4. The van der Waals surface area contributed by atoms with Gasteiger partial charge in [-0.2, -0.15) is 0 Å². The maximum atomic E-state index is 12.2. The molecule has 0 heterocycles. The summed E-state index contributed by atoms with van der Waals surface area (Å²) in [6.45, 7) is 3.44. The molecule has 5 nitrogen and oxygen atoms in total. The largest absolute Gasteiger partial charge is 0.495 e. The number of hydrogen-bond acceptors (Lipinski definition) is 4. The molecule has 2 rings (SSSR count). The molecular weight excluding hydrogens is 294 g/mol. The molecule has 0 spiro atoms. The third-order valence-corrected chi connectivity index (χ3v) is 3.28. The number of rotatable bonds is 5. The van der Waals surface area contributed by atoms with E-state index in [9.17, 15) is 9.59 Å². The van der Waals surface area contributed by atoms with Crippen molar-refractivity contribution in [3.05, 3.63) is 59.7 Å². The molecule has 1 atom stereocenters. The molecule has 0 aliphatic heterocycles. The fourth-order valence-corrected chi connectivity index (χ4v) is 2.01. The molecule has 0 saturated carbocycles. The van der Waals surface area contributed by atoms with Gasteiger partial charge < -0.3 is 14.8 Å². The monoisotopic (exact) mass is 313 g/mol. The molecule has 1 N–H and O–H groups in total. The molecule has 2 aromatic rings. The third-order valence-electron chi connectivity index (χ3n) is 3.28. The van der Waals surface area contributed by atoms with E-state index in [2.05, 4.69) is 5.32 Å². The van der Waals surface area contributed by atoms with E-state index in [1.54, 1.807) is 42.5 Å². The number of benzene rings is 2. The van der Waals surface area contributed by atoms with Crippen LogP contribution in [0.4, 0.5) is 5.69 Å². The molecule has 0 radical (unpaired) electrons. The quantitative estimate of drug-likeness (QED) is 0.861. The summed E-state index contributed by atoms with van der Waals surface area (Å²) in [6.07, 6.45) is -0.923. The maximum Gasteiger partial charge on any atom is 0.338 e. The zero-order valence-corrected chi connectivity index (χ0v) is 13.3. The van der Waals surface area contributed by atoms with E-state index < -0.39 is 18.0 Å². The number of ether oxygens (including phenoxy) is 2. The SMILES string of the molecule is COc1ccc(C)cc1NC(=O)[C@@H](C)OC(=O)c1ccccc1. The highest BCUT2D eigenvalue weighted by atomic mass is 16.5. The number of anilines is 1. The lowest BCUT2D eigenvalue weighted by molar-refractivity contribution is -0.123. The zero-order chi connectivity index (χ0) is 16.8. The molecule has 1 amide bonds. The molecule has 5 heteroatoms. The standard InChI is InChI=1S/C18H19NO4/c1-12-9-10-16(22-3)15(11-12)19-17(20)13(2)23-18(21)14-7-5-4-6-8-14/h4-11,13H,1-3H3,(H,19,20)/t13-/m1/s1. The fourth-order valence-electron chi connectivity index (χ4n) is 2.01. The molecule has 2 aromatic carbocycles. The fraction of sp³-hybridized carbons (Fsp3) is 0.222. The number of esters is 1. The molecule has 0 aromatic heterocycles. The van der Waals surface area contributed by atoms with Gasteiger partial charge in [-0.25, -0.2) is 4.79 Å². The van der Waals surface area contributed by atoms with Crippen LogP contribution >= 0.6 is 0 Å². The van der Waals surface area contributed by atoms with Crippen molar-refractivity contribution in [2.45, 2.75) is 20.0 Å². The van der Waals surface area contributed by atoms with Crippen LogP contribution in [0.5, 0.6) is 5.75 Å².